The van der Waals surface area contributed by atoms with Gasteiger partial charge in [-0.1, -0.05) is 0 Å². The predicted molar refractivity (Wildman–Crippen MR) is 77.1 cm³/mol. The molecule has 0 spiro atoms. The van der Waals surface area contributed by atoms with Crippen LogP contribution in [0.1, 0.15) is 12.5 Å². The molecule has 0 amide bonds. The summed E-state index contributed by atoms with van der Waals surface area (Å²) in [5, 5.41) is 8.85. The first kappa shape index (κ1) is 19.8. The number of H-pyrrole nitrogens is 1. The number of halogens is 6. The van der Waals surface area contributed by atoms with Gasteiger partial charge in [-0.25, -0.2) is 4.79 Å². The number of methoxy groups -OCH3 is 1. The van der Waals surface area contributed by atoms with Crippen molar-refractivity contribution in [2.24, 2.45) is 0 Å². The molecule has 0 aliphatic heterocycles. The number of hydrogen-bond donors (Lipinski definition) is 2. The van der Waals surface area contributed by atoms with Gasteiger partial charge >= 0.3 is 18.0 Å². The molecule has 0 saturated heterocycles. The van der Waals surface area contributed by atoms with Crippen molar-refractivity contribution in [1.29, 1.82) is 0 Å². The third-order valence-electron chi connectivity index (χ3n) is 3.83. The van der Waals surface area contributed by atoms with Crippen molar-refractivity contribution in [1.82, 2.24) is 9.55 Å². The molecular formula is C14H12F6N2O4. The highest BCUT2D eigenvalue weighted by molar-refractivity contribution is 5.84. The van der Waals surface area contributed by atoms with Crippen molar-refractivity contribution in [2.75, 3.05) is 7.11 Å². The summed E-state index contributed by atoms with van der Waals surface area (Å²) in [5.41, 5.74) is -9.33. The van der Waals surface area contributed by atoms with E-state index in [1.807, 2.05) is 0 Å². The van der Waals surface area contributed by atoms with E-state index in [0.717, 1.165) is 7.11 Å². The molecule has 0 unspecified atom stereocenters. The molecule has 144 valence electrons. The van der Waals surface area contributed by atoms with Gasteiger partial charge < -0.3 is 14.8 Å². The summed E-state index contributed by atoms with van der Waals surface area (Å²) in [4.78, 5) is 26.2. The zero-order valence-corrected chi connectivity index (χ0v) is 13.2. The Morgan fingerprint density at radius 3 is 2.08 bits per heavy atom. The van der Waals surface area contributed by atoms with Crippen molar-refractivity contribution in [2.45, 2.75) is 31.4 Å². The molecule has 0 bridgehead atoms. The summed E-state index contributed by atoms with van der Waals surface area (Å²) >= 11 is 0. The minimum atomic E-state index is -6.13. The van der Waals surface area contributed by atoms with Gasteiger partial charge in [0.05, 0.1) is 18.0 Å². The van der Waals surface area contributed by atoms with Gasteiger partial charge in [-0.15, -0.1) is 0 Å². The maximum atomic E-state index is 13.1. The highest BCUT2D eigenvalue weighted by Crippen LogP contribution is 2.51. The second-order valence-corrected chi connectivity index (χ2v) is 5.29. The molecule has 2 rings (SSSR count). The molecule has 0 fully saturated rings. The molecule has 6 nitrogen and oxygen atoms in total. The molecule has 0 aliphatic carbocycles. The third-order valence-corrected chi connectivity index (χ3v) is 3.83. The van der Waals surface area contributed by atoms with Crippen LogP contribution < -0.4 is 16.0 Å². The van der Waals surface area contributed by atoms with Crippen LogP contribution in [-0.4, -0.2) is 34.1 Å². The number of fused-ring (bicyclic) bond motifs is 1. The first-order chi connectivity index (χ1) is 11.8. The van der Waals surface area contributed by atoms with Gasteiger partial charge in [0.15, 0.2) is 0 Å². The van der Waals surface area contributed by atoms with E-state index < -0.39 is 45.9 Å². The maximum Gasteiger partial charge on any atom is 0.430 e. The molecule has 0 saturated carbocycles. The Bertz CT molecular complexity index is 943. The summed E-state index contributed by atoms with van der Waals surface area (Å²) in [6.45, 7) is 1.20. The zero-order chi connectivity index (χ0) is 20.1. The Labute approximate surface area is 140 Å². The van der Waals surface area contributed by atoms with Crippen LogP contribution in [0, 0.1) is 0 Å². The molecule has 2 N–H and O–H groups in total. The molecule has 1 aromatic carbocycles. The van der Waals surface area contributed by atoms with Gasteiger partial charge in [-0.2, -0.15) is 26.3 Å². The summed E-state index contributed by atoms with van der Waals surface area (Å²) in [5.74, 6) is -0.637. The highest BCUT2D eigenvalue weighted by atomic mass is 19.4. The normalized spacial score (nSPS) is 13.3. The molecule has 1 aromatic heterocycles. The number of rotatable bonds is 3. The van der Waals surface area contributed by atoms with E-state index in [-0.39, 0.29) is 24.2 Å². The summed E-state index contributed by atoms with van der Waals surface area (Å²) < 4.78 is 83.8. The maximum absolute atomic E-state index is 13.1. The van der Waals surface area contributed by atoms with E-state index in [9.17, 15) is 41.0 Å². The largest absolute Gasteiger partial charge is 0.495 e. The van der Waals surface area contributed by atoms with Crippen LogP contribution in [0.2, 0.25) is 0 Å². The first-order valence-electron chi connectivity index (χ1n) is 7.00. The lowest BCUT2D eigenvalue weighted by molar-refractivity contribution is -0.376. The Morgan fingerprint density at radius 2 is 1.65 bits per heavy atom. The zero-order valence-electron chi connectivity index (χ0n) is 13.2. The summed E-state index contributed by atoms with van der Waals surface area (Å²) in [6, 6.07) is 0.512. The van der Waals surface area contributed by atoms with Gasteiger partial charge in [0.25, 0.3) is 11.2 Å². The van der Waals surface area contributed by atoms with Crippen molar-refractivity contribution in [3.05, 3.63) is 38.5 Å². The Morgan fingerprint density at radius 1 is 1.12 bits per heavy atom. The molecule has 0 radical (unpaired) electrons. The number of aliphatic hydroxyl groups is 1. The fraction of sp³-hybridized carbons (Fsp3) is 0.429. The van der Waals surface area contributed by atoms with Crippen molar-refractivity contribution >= 4 is 10.9 Å². The topological polar surface area (TPSA) is 84.3 Å². The van der Waals surface area contributed by atoms with Gasteiger partial charge in [0.2, 0.25) is 0 Å². The minimum absolute atomic E-state index is 0.181. The Hall–Kier alpha value is -2.50. The number of benzene rings is 1. The van der Waals surface area contributed by atoms with Crippen molar-refractivity contribution < 1.29 is 36.2 Å². The second-order valence-electron chi connectivity index (χ2n) is 5.29. The number of aromatic amines is 1. The number of hydrogen-bond acceptors (Lipinski definition) is 4. The summed E-state index contributed by atoms with van der Waals surface area (Å²) in [7, 11) is 0.919. The smallest absolute Gasteiger partial charge is 0.430 e. The lowest BCUT2D eigenvalue weighted by atomic mass is 9.91. The minimum Gasteiger partial charge on any atom is -0.495 e. The quantitative estimate of drug-likeness (QED) is 0.791. The van der Waals surface area contributed by atoms with Gasteiger partial charge in [-0.05, 0) is 19.1 Å². The van der Waals surface area contributed by atoms with Gasteiger partial charge in [0, 0.05) is 12.1 Å². The van der Waals surface area contributed by atoms with Crippen LogP contribution in [-0.2, 0) is 12.1 Å². The number of ether oxygens (including phenoxy) is 1. The Balaban J connectivity index is 3.02. The number of aromatic nitrogens is 2. The highest BCUT2D eigenvalue weighted by Gasteiger charge is 2.71. The second kappa shape index (κ2) is 6.04. The fourth-order valence-corrected chi connectivity index (χ4v) is 2.47. The lowest BCUT2D eigenvalue weighted by Gasteiger charge is -2.33. The monoisotopic (exact) mass is 386 g/mol. The van der Waals surface area contributed by atoms with Crippen molar-refractivity contribution in [3.63, 3.8) is 0 Å². The SMILES string of the molecule is CCn1c(=O)[nH]c2c(OC)cc(C(O)(C(F)(F)F)C(F)(F)F)cc2c1=O. The summed E-state index contributed by atoms with van der Waals surface area (Å²) in [6.07, 6.45) is -12.3. The lowest BCUT2D eigenvalue weighted by Crippen LogP contribution is -2.54. The first-order valence-corrected chi connectivity index (χ1v) is 7.00. The number of nitrogens with zero attached hydrogens (tertiary/aromatic N) is 1. The van der Waals surface area contributed by atoms with E-state index in [2.05, 4.69) is 4.98 Å². The average Bonchev–Trinajstić information content (AvgIpc) is 2.51. The van der Waals surface area contributed by atoms with Crippen LogP contribution >= 0.6 is 0 Å². The average molecular weight is 386 g/mol. The van der Waals surface area contributed by atoms with E-state index >= 15 is 0 Å². The molecule has 0 aliphatic rings. The van der Waals surface area contributed by atoms with E-state index in [1.54, 1.807) is 0 Å². The van der Waals surface area contributed by atoms with Crippen LogP contribution in [0.15, 0.2) is 21.7 Å². The molecular weight excluding hydrogens is 374 g/mol. The number of nitrogens with one attached hydrogen (secondary N) is 1. The molecule has 1 heterocycles. The van der Waals surface area contributed by atoms with Crippen LogP contribution in [0.25, 0.3) is 10.9 Å². The van der Waals surface area contributed by atoms with E-state index in [4.69, 9.17) is 4.74 Å². The Kier molecular flexibility index (Phi) is 4.60. The predicted octanol–water partition coefficient (Wildman–Crippen LogP) is 2.03. The molecule has 0 atom stereocenters. The van der Waals surface area contributed by atoms with Crippen LogP contribution in [0.3, 0.4) is 0 Å². The van der Waals surface area contributed by atoms with Crippen LogP contribution in [0.5, 0.6) is 5.75 Å². The van der Waals surface area contributed by atoms with Crippen molar-refractivity contribution in [3.8, 4) is 5.75 Å². The van der Waals surface area contributed by atoms with Gasteiger partial charge in [-0.3, -0.25) is 9.36 Å². The molecule has 12 heteroatoms. The van der Waals surface area contributed by atoms with Gasteiger partial charge in [0.1, 0.15) is 5.75 Å². The third kappa shape index (κ3) is 2.73. The van der Waals surface area contributed by atoms with E-state index in [1.165, 1.54) is 6.92 Å². The molecule has 2 aromatic rings. The number of alkyl halides is 6. The fourth-order valence-electron chi connectivity index (χ4n) is 2.47. The van der Waals surface area contributed by atoms with E-state index in [0.29, 0.717) is 4.57 Å². The molecule has 26 heavy (non-hydrogen) atoms. The standard InChI is InChI=1S/C14H12F6N2O4/c1-3-22-10(23)7-4-6(5-8(26-2)9(7)21-11(22)24)12(25,13(15,16)17)14(18,19)20/h4-5,25H,3H2,1-2H3,(H,21,24). The van der Waals surface area contributed by atoms with Crippen LogP contribution in [0.4, 0.5) is 26.3 Å².